The fourth-order valence-electron chi connectivity index (χ4n) is 2.90. The summed E-state index contributed by atoms with van der Waals surface area (Å²) in [6.45, 7) is 2.93. The molecule has 1 aliphatic heterocycles. The number of aromatic nitrogens is 2. The normalized spacial score (nSPS) is 18.0. The van der Waals surface area contributed by atoms with E-state index in [-0.39, 0.29) is 11.8 Å². The molecular formula is C17H19N3O. The summed E-state index contributed by atoms with van der Waals surface area (Å²) in [5, 5.41) is 0. The van der Waals surface area contributed by atoms with Crippen LogP contribution in [0.3, 0.4) is 0 Å². The molecule has 0 N–H and O–H groups in total. The van der Waals surface area contributed by atoms with E-state index in [0.717, 1.165) is 36.5 Å². The molecule has 2 heterocycles. The van der Waals surface area contributed by atoms with Crippen molar-refractivity contribution in [3.05, 3.63) is 54.0 Å². The van der Waals surface area contributed by atoms with Crippen LogP contribution < -0.4 is 4.90 Å². The third kappa shape index (κ3) is 3.10. The van der Waals surface area contributed by atoms with Gasteiger partial charge in [0.1, 0.15) is 12.1 Å². The zero-order chi connectivity index (χ0) is 14.7. The van der Waals surface area contributed by atoms with E-state index >= 15 is 0 Å². The first-order valence-electron chi connectivity index (χ1n) is 7.37. The molecular weight excluding hydrogens is 262 g/mol. The average molecular weight is 281 g/mol. The van der Waals surface area contributed by atoms with E-state index in [4.69, 9.17) is 0 Å². The van der Waals surface area contributed by atoms with Crippen LogP contribution in [0, 0.1) is 6.92 Å². The summed E-state index contributed by atoms with van der Waals surface area (Å²) < 4.78 is 0. The van der Waals surface area contributed by atoms with Crippen LogP contribution >= 0.6 is 0 Å². The molecule has 2 aromatic rings. The van der Waals surface area contributed by atoms with Gasteiger partial charge in [-0.3, -0.25) is 4.79 Å². The van der Waals surface area contributed by atoms with Gasteiger partial charge in [0, 0.05) is 36.3 Å². The summed E-state index contributed by atoms with van der Waals surface area (Å²) in [5.74, 6) is 1.14. The second kappa shape index (κ2) is 6.04. The Labute approximate surface area is 124 Å². The van der Waals surface area contributed by atoms with Gasteiger partial charge in [-0.25, -0.2) is 9.97 Å². The standard InChI is InChI=1S/C17H19N3O/c1-13-10-17(19-12-18-13)20-9-5-8-15(20)11-16(21)14-6-3-2-4-7-14/h2-4,6-7,10,12,15H,5,8-9,11H2,1H3/t15-/m0/s1. The Hall–Kier alpha value is -2.23. The topological polar surface area (TPSA) is 46.1 Å². The van der Waals surface area contributed by atoms with Gasteiger partial charge >= 0.3 is 0 Å². The Morgan fingerprint density at radius 2 is 2.10 bits per heavy atom. The monoisotopic (exact) mass is 281 g/mol. The van der Waals surface area contributed by atoms with Crippen LogP contribution in [0.5, 0.6) is 0 Å². The lowest BCUT2D eigenvalue weighted by atomic mass is 10.0. The van der Waals surface area contributed by atoms with Crippen molar-refractivity contribution >= 4 is 11.6 Å². The molecule has 3 rings (SSSR count). The van der Waals surface area contributed by atoms with Gasteiger partial charge in [0.25, 0.3) is 0 Å². The molecule has 1 aromatic heterocycles. The molecule has 21 heavy (non-hydrogen) atoms. The van der Waals surface area contributed by atoms with Crippen LogP contribution in [0.2, 0.25) is 0 Å². The maximum Gasteiger partial charge on any atom is 0.164 e. The summed E-state index contributed by atoms with van der Waals surface area (Å²) in [4.78, 5) is 23.1. The number of ketones is 1. The highest BCUT2D eigenvalue weighted by Crippen LogP contribution is 2.26. The number of carbonyl (C=O) groups excluding carboxylic acids is 1. The number of anilines is 1. The van der Waals surface area contributed by atoms with Gasteiger partial charge in [-0.15, -0.1) is 0 Å². The molecule has 1 fully saturated rings. The number of carbonyl (C=O) groups is 1. The third-order valence-corrected chi connectivity index (χ3v) is 3.98. The molecule has 0 unspecified atom stereocenters. The van der Waals surface area contributed by atoms with E-state index in [9.17, 15) is 4.79 Å². The summed E-state index contributed by atoms with van der Waals surface area (Å²) in [5.41, 5.74) is 1.75. The van der Waals surface area contributed by atoms with Crippen molar-refractivity contribution in [2.45, 2.75) is 32.2 Å². The zero-order valence-electron chi connectivity index (χ0n) is 12.2. The van der Waals surface area contributed by atoms with Crippen LogP contribution in [0.15, 0.2) is 42.7 Å². The Balaban J connectivity index is 1.74. The molecule has 0 bridgehead atoms. The van der Waals surface area contributed by atoms with Crippen molar-refractivity contribution in [1.82, 2.24) is 9.97 Å². The molecule has 4 nitrogen and oxygen atoms in total. The molecule has 0 amide bonds. The van der Waals surface area contributed by atoms with E-state index in [1.54, 1.807) is 6.33 Å². The summed E-state index contributed by atoms with van der Waals surface area (Å²) in [6.07, 6.45) is 4.30. The maximum atomic E-state index is 12.4. The minimum atomic E-state index is 0.207. The number of hydrogen-bond acceptors (Lipinski definition) is 4. The summed E-state index contributed by atoms with van der Waals surface area (Å²) in [6, 6.07) is 11.8. The van der Waals surface area contributed by atoms with Gasteiger partial charge in [0.15, 0.2) is 5.78 Å². The SMILES string of the molecule is Cc1cc(N2CCC[C@H]2CC(=O)c2ccccc2)ncn1. The molecule has 4 heteroatoms. The first-order valence-corrected chi connectivity index (χ1v) is 7.37. The van der Waals surface area contributed by atoms with E-state index in [0.29, 0.717) is 6.42 Å². The van der Waals surface area contributed by atoms with Gasteiger partial charge in [0.05, 0.1) is 0 Å². The number of aryl methyl sites for hydroxylation is 1. The second-order valence-corrected chi connectivity index (χ2v) is 5.50. The van der Waals surface area contributed by atoms with Crippen molar-refractivity contribution < 1.29 is 4.79 Å². The molecule has 1 aliphatic rings. The van der Waals surface area contributed by atoms with Crippen LogP contribution in [-0.2, 0) is 0 Å². The van der Waals surface area contributed by atoms with Gasteiger partial charge in [-0.2, -0.15) is 0 Å². The molecule has 1 aromatic carbocycles. The fourth-order valence-corrected chi connectivity index (χ4v) is 2.90. The van der Waals surface area contributed by atoms with Crippen LogP contribution in [-0.4, -0.2) is 28.3 Å². The maximum absolute atomic E-state index is 12.4. The largest absolute Gasteiger partial charge is 0.353 e. The Morgan fingerprint density at radius 1 is 1.29 bits per heavy atom. The highest BCUT2D eigenvalue weighted by Gasteiger charge is 2.28. The van der Waals surface area contributed by atoms with Crippen LogP contribution in [0.4, 0.5) is 5.82 Å². The Morgan fingerprint density at radius 3 is 2.86 bits per heavy atom. The molecule has 0 aliphatic carbocycles. The predicted molar refractivity (Wildman–Crippen MR) is 82.5 cm³/mol. The molecule has 1 saturated heterocycles. The quantitative estimate of drug-likeness (QED) is 0.808. The average Bonchev–Trinajstić information content (AvgIpc) is 2.96. The highest BCUT2D eigenvalue weighted by molar-refractivity contribution is 5.96. The Kier molecular flexibility index (Phi) is 3.95. The predicted octanol–water partition coefficient (Wildman–Crippen LogP) is 3.03. The van der Waals surface area contributed by atoms with E-state index in [2.05, 4.69) is 14.9 Å². The van der Waals surface area contributed by atoms with E-state index in [1.807, 2.05) is 43.3 Å². The van der Waals surface area contributed by atoms with Gasteiger partial charge < -0.3 is 4.90 Å². The first-order chi connectivity index (χ1) is 10.2. The van der Waals surface area contributed by atoms with Gasteiger partial charge in [-0.1, -0.05) is 30.3 Å². The molecule has 1 atom stereocenters. The lowest BCUT2D eigenvalue weighted by molar-refractivity contribution is 0.0974. The molecule has 0 saturated carbocycles. The van der Waals surface area contributed by atoms with Crippen molar-refractivity contribution in [3.63, 3.8) is 0 Å². The minimum Gasteiger partial charge on any atom is -0.353 e. The first kappa shape index (κ1) is 13.7. The van der Waals surface area contributed by atoms with E-state index < -0.39 is 0 Å². The number of Topliss-reactive ketones (excluding diaryl/α,β-unsaturated/α-hetero) is 1. The van der Waals surface area contributed by atoms with E-state index in [1.165, 1.54) is 0 Å². The van der Waals surface area contributed by atoms with Crippen molar-refractivity contribution in [3.8, 4) is 0 Å². The van der Waals surface area contributed by atoms with Crippen molar-refractivity contribution in [2.24, 2.45) is 0 Å². The van der Waals surface area contributed by atoms with Gasteiger partial charge in [0.2, 0.25) is 0 Å². The number of nitrogens with zero attached hydrogens (tertiary/aromatic N) is 3. The lowest BCUT2D eigenvalue weighted by Crippen LogP contribution is -2.32. The lowest BCUT2D eigenvalue weighted by Gasteiger charge is -2.25. The second-order valence-electron chi connectivity index (χ2n) is 5.50. The summed E-state index contributed by atoms with van der Waals surface area (Å²) >= 11 is 0. The Bertz CT molecular complexity index is 627. The van der Waals surface area contributed by atoms with Crippen molar-refractivity contribution in [1.29, 1.82) is 0 Å². The van der Waals surface area contributed by atoms with Gasteiger partial charge in [-0.05, 0) is 19.8 Å². The van der Waals surface area contributed by atoms with Crippen LogP contribution in [0.25, 0.3) is 0 Å². The van der Waals surface area contributed by atoms with Crippen molar-refractivity contribution in [2.75, 3.05) is 11.4 Å². The summed E-state index contributed by atoms with van der Waals surface area (Å²) in [7, 11) is 0. The zero-order valence-corrected chi connectivity index (χ0v) is 12.2. The highest BCUT2D eigenvalue weighted by atomic mass is 16.1. The fraction of sp³-hybridized carbons (Fsp3) is 0.353. The number of hydrogen-bond donors (Lipinski definition) is 0. The minimum absolute atomic E-state index is 0.207. The van der Waals surface area contributed by atoms with Crippen LogP contribution in [0.1, 0.15) is 35.3 Å². The number of benzene rings is 1. The molecule has 0 spiro atoms. The third-order valence-electron chi connectivity index (χ3n) is 3.98. The molecule has 108 valence electrons. The smallest absolute Gasteiger partial charge is 0.164 e. The molecule has 0 radical (unpaired) electrons. The number of rotatable bonds is 4.